The highest BCUT2D eigenvalue weighted by atomic mass is 32.2. The number of benzene rings is 2. The Labute approximate surface area is 196 Å². The Morgan fingerprint density at radius 2 is 1.73 bits per heavy atom. The number of hydrogen-bond donors (Lipinski definition) is 1. The summed E-state index contributed by atoms with van der Waals surface area (Å²) < 4.78 is 29.1. The molecule has 0 saturated carbocycles. The molecule has 9 heteroatoms. The van der Waals surface area contributed by atoms with E-state index < -0.39 is 10.0 Å². The number of nitrogens with one attached hydrogen (secondary N) is 1. The van der Waals surface area contributed by atoms with Gasteiger partial charge in [-0.25, -0.2) is 22.8 Å². The average molecular weight is 481 g/mol. The molecule has 0 aliphatic heterocycles. The van der Waals surface area contributed by atoms with E-state index in [1.165, 1.54) is 22.1 Å². The second-order valence-corrected chi connectivity index (χ2v) is 10.5. The quantitative estimate of drug-likeness (QED) is 0.432. The zero-order chi connectivity index (χ0) is 23.6. The standard InChI is InChI=1S/C24H24N4O3S2/c1-16-9-10-20(15-17(16)2)33(30,31)25-13-14-28-22(29)12-11-21(27-28)23-18(3)26-24(32-23)19-7-5-4-6-8-19/h4-12,15,25H,13-14H2,1-3H3. The van der Waals surface area contributed by atoms with Crippen molar-refractivity contribution in [2.24, 2.45) is 0 Å². The van der Waals surface area contributed by atoms with Crippen LogP contribution >= 0.6 is 11.3 Å². The van der Waals surface area contributed by atoms with Crippen LogP contribution in [0.4, 0.5) is 0 Å². The third-order valence-corrected chi connectivity index (χ3v) is 8.01. The Bertz CT molecular complexity index is 1460. The normalized spacial score (nSPS) is 11.6. The topological polar surface area (TPSA) is 93.9 Å². The Morgan fingerprint density at radius 1 is 0.970 bits per heavy atom. The Morgan fingerprint density at radius 3 is 2.45 bits per heavy atom. The molecule has 33 heavy (non-hydrogen) atoms. The van der Waals surface area contributed by atoms with Gasteiger partial charge in [0.15, 0.2) is 0 Å². The molecule has 0 unspecified atom stereocenters. The maximum absolute atomic E-state index is 12.6. The fourth-order valence-corrected chi connectivity index (χ4v) is 5.46. The first kappa shape index (κ1) is 23.0. The van der Waals surface area contributed by atoms with Gasteiger partial charge in [0.05, 0.1) is 22.0 Å². The fraction of sp³-hybridized carbons (Fsp3) is 0.208. The number of sulfonamides is 1. The predicted octanol–water partition coefficient (Wildman–Crippen LogP) is 3.94. The molecule has 2 heterocycles. The summed E-state index contributed by atoms with van der Waals surface area (Å²) in [6.45, 7) is 5.86. The van der Waals surface area contributed by atoms with Gasteiger partial charge in [0.1, 0.15) is 10.7 Å². The summed E-state index contributed by atoms with van der Waals surface area (Å²) in [5, 5.41) is 5.35. The molecule has 170 valence electrons. The van der Waals surface area contributed by atoms with E-state index in [0.29, 0.717) is 5.69 Å². The molecular weight excluding hydrogens is 456 g/mol. The SMILES string of the molecule is Cc1ccc(S(=O)(=O)NCCn2nc(-c3sc(-c4ccccc4)nc3C)ccc2=O)cc1C. The van der Waals surface area contributed by atoms with E-state index in [1.54, 1.807) is 24.3 Å². The summed E-state index contributed by atoms with van der Waals surface area (Å²) in [5.74, 6) is 0. The molecule has 0 radical (unpaired) electrons. The molecule has 0 amide bonds. The molecule has 0 aliphatic carbocycles. The smallest absolute Gasteiger partial charge is 0.266 e. The summed E-state index contributed by atoms with van der Waals surface area (Å²) in [4.78, 5) is 18.1. The molecule has 0 saturated heterocycles. The predicted molar refractivity (Wildman–Crippen MR) is 131 cm³/mol. The number of aromatic nitrogens is 3. The summed E-state index contributed by atoms with van der Waals surface area (Å²) in [6, 6.07) is 18.0. The van der Waals surface area contributed by atoms with Crippen LogP contribution in [0.15, 0.2) is 70.4 Å². The van der Waals surface area contributed by atoms with E-state index in [1.807, 2.05) is 51.1 Å². The number of nitrogens with zero attached hydrogens (tertiary/aromatic N) is 3. The van der Waals surface area contributed by atoms with Gasteiger partial charge in [-0.2, -0.15) is 5.10 Å². The summed E-state index contributed by atoms with van der Waals surface area (Å²) in [5.41, 5.74) is 4.10. The van der Waals surface area contributed by atoms with Crippen LogP contribution in [0.1, 0.15) is 16.8 Å². The molecule has 0 aliphatic rings. The number of rotatable bonds is 7. The van der Waals surface area contributed by atoms with Crippen molar-refractivity contribution in [3.05, 3.63) is 87.8 Å². The third kappa shape index (κ3) is 5.11. The second kappa shape index (κ2) is 9.38. The van der Waals surface area contributed by atoms with E-state index in [4.69, 9.17) is 0 Å². The van der Waals surface area contributed by atoms with E-state index in [9.17, 15) is 13.2 Å². The molecule has 7 nitrogen and oxygen atoms in total. The lowest BCUT2D eigenvalue weighted by atomic mass is 10.1. The summed E-state index contributed by atoms with van der Waals surface area (Å²) in [6.07, 6.45) is 0. The van der Waals surface area contributed by atoms with Crippen LogP contribution in [-0.2, 0) is 16.6 Å². The van der Waals surface area contributed by atoms with Gasteiger partial charge in [0.25, 0.3) is 5.56 Å². The molecule has 0 bridgehead atoms. The van der Waals surface area contributed by atoms with E-state index in [2.05, 4.69) is 14.8 Å². The molecule has 2 aromatic carbocycles. The molecule has 0 spiro atoms. The first-order valence-corrected chi connectivity index (χ1v) is 12.7. The van der Waals surface area contributed by atoms with E-state index in [0.717, 1.165) is 32.3 Å². The number of hydrogen-bond acceptors (Lipinski definition) is 6. The zero-order valence-electron chi connectivity index (χ0n) is 18.6. The van der Waals surface area contributed by atoms with Gasteiger partial charge in [0.2, 0.25) is 10.0 Å². The number of aryl methyl sites for hydroxylation is 3. The molecular formula is C24H24N4O3S2. The highest BCUT2D eigenvalue weighted by Gasteiger charge is 2.16. The minimum absolute atomic E-state index is 0.0442. The summed E-state index contributed by atoms with van der Waals surface area (Å²) >= 11 is 1.51. The average Bonchev–Trinajstić information content (AvgIpc) is 3.19. The maximum atomic E-state index is 12.6. The molecule has 4 rings (SSSR count). The van der Waals surface area contributed by atoms with Crippen molar-refractivity contribution in [1.29, 1.82) is 0 Å². The van der Waals surface area contributed by atoms with Crippen LogP contribution in [-0.4, -0.2) is 29.7 Å². The van der Waals surface area contributed by atoms with Crippen molar-refractivity contribution in [3.8, 4) is 21.1 Å². The lowest BCUT2D eigenvalue weighted by molar-refractivity contribution is 0.549. The van der Waals surface area contributed by atoms with Crippen molar-refractivity contribution in [2.45, 2.75) is 32.2 Å². The Hall–Kier alpha value is -3.14. The largest absolute Gasteiger partial charge is 0.268 e. The third-order valence-electron chi connectivity index (χ3n) is 5.32. The van der Waals surface area contributed by atoms with Crippen LogP contribution in [0, 0.1) is 20.8 Å². The first-order valence-electron chi connectivity index (χ1n) is 10.4. The van der Waals surface area contributed by atoms with Crippen LogP contribution in [0.3, 0.4) is 0 Å². The fourth-order valence-electron chi connectivity index (χ4n) is 3.32. The van der Waals surface area contributed by atoms with Crippen molar-refractivity contribution >= 4 is 21.4 Å². The van der Waals surface area contributed by atoms with Gasteiger partial charge in [-0.05, 0) is 50.1 Å². The van der Waals surface area contributed by atoms with E-state index >= 15 is 0 Å². The highest BCUT2D eigenvalue weighted by Crippen LogP contribution is 2.33. The second-order valence-electron chi connectivity index (χ2n) is 7.72. The van der Waals surface area contributed by atoms with Crippen molar-refractivity contribution in [1.82, 2.24) is 19.5 Å². The van der Waals surface area contributed by atoms with Crippen LogP contribution in [0.5, 0.6) is 0 Å². The molecule has 2 aromatic heterocycles. The highest BCUT2D eigenvalue weighted by molar-refractivity contribution is 7.89. The molecule has 1 N–H and O–H groups in total. The van der Waals surface area contributed by atoms with Crippen molar-refractivity contribution < 1.29 is 8.42 Å². The van der Waals surface area contributed by atoms with Crippen LogP contribution in [0.25, 0.3) is 21.1 Å². The van der Waals surface area contributed by atoms with Gasteiger partial charge in [-0.15, -0.1) is 11.3 Å². The van der Waals surface area contributed by atoms with Gasteiger partial charge < -0.3 is 0 Å². The zero-order valence-corrected chi connectivity index (χ0v) is 20.2. The minimum Gasteiger partial charge on any atom is -0.268 e. The lowest BCUT2D eigenvalue weighted by Crippen LogP contribution is -2.32. The van der Waals surface area contributed by atoms with Gasteiger partial charge >= 0.3 is 0 Å². The van der Waals surface area contributed by atoms with Gasteiger partial charge in [-0.1, -0.05) is 36.4 Å². The Kier molecular flexibility index (Phi) is 6.55. The molecule has 4 aromatic rings. The van der Waals surface area contributed by atoms with Crippen LogP contribution in [0.2, 0.25) is 0 Å². The lowest BCUT2D eigenvalue weighted by Gasteiger charge is -2.10. The van der Waals surface area contributed by atoms with Gasteiger partial charge in [-0.3, -0.25) is 4.79 Å². The Balaban J connectivity index is 1.52. The van der Waals surface area contributed by atoms with Crippen molar-refractivity contribution in [2.75, 3.05) is 6.54 Å². The minimum atomic E-state index is -3.68. The van der Waals surface area contributed by atoms with Crippen molar-refractivity contribution in [3.63, 3.8) is 0 Å². The number of thiazole rings is 1. The molecule has 0 fully saturated rings. The first-order chi connectivity index (χ1) is 15.7. The van der Waals surface area contributed by atoms with E-state index in [-0.39, 0.29) is 23.5 Å². The maximum Gasteiger partial charge on any atom is 0.266 e. The van der Waals surface area contributed by atoms with Crippen LogP contribution < -0.4 is 10.3 Å². The molecule has 0 atom stereocenters. The summed E-state index contributed by atoms with van der Waals surface area (Å²) in [7, 11) is -3.68. The monoisotopic (exact) mass is 480 g/mol. The van der Waals surface area contributed by atoms with Gasteiger partial charge in [0, 0.05) is 18.2 Å².